The molecule has 0 aliphatic heterocycles. The van der Waals surface area contributed by atoms with E-state index in [1.165, 1.54) is 29.2 Å². The Hall–Kier alpha value is -3.17. The third-order valence-corrected chi connectivity index (χ3v) is 7.66. The van der Waals surface area contributed by atoms with Crippen LogP contribution in [-0.4, -0.2) is 43.1 Å². The first-order valence-corrected chi connectivity index (χ1v) is 13.4. The second kappa shape index (κ2) is 11.0. The number of sulfonamides is 1. The van der Waals surface area contributed by atoms with Gasteiger partial charge in [-0.2, -0.15) is 0 Å². The summed E-state index contributed by atoms with van der Waals surface area (Å²) < 4.78 is 34.7. The fraction of sp³-hybridized carbons (Fsp3) is 0.385. The Morgan fingerprint density at radius 3 is 2.71 bits per heavy atom. The van der Waals surface area contributed by atoms with Crippen LogP contribution in [0.2, 0.25) is 0 Å². The van der Waals surface area contributed by atoms with Gasteiger partial charge in [0.1, 0.15) is 12.4 Å². The van der Waals surface area contributed by atoms with Gasteiger partial charge in [-0.15, -0.1) is 0 Å². The minimum Gasteiger partial charge on any atom is -0.492 e. The molecule has 3 aromatic rings. The molecule has 0 radical (unpaired) electrons. The maximum absolute atomic E-state index is 12.3. The highest BCUT2D eigenvalue weighted by atomic mass is 32.2. The van der Waals surface area contributed by atoms with Crippen LogP contribution >= 0.6 is 0 Å². The van der Waals surface area contributed by atoms with Gasteiger partial charge in [-0.05, 0) is 48.1 Å². The van der Waals surface area contributed by atoms with E-state index in [1.807, 2.05) is 37.3 Å². The number of rotatable bonds is 10. The molecule has 2 aromatic carbocycles. The van der Waals surface area contributed by atoms with Crippen molar-refractivity contribution in [1.82, 2.24) is 19.6 Å². The Labute approximate surface area is 206 Å². The van der Waals surface area contributed by atoms with Gasteiger partial charge in [-0.3, -0.25) is 4.79 Å². The van der Waals surface area contributed by atoms with Crippen molar-refractivity contribution >= 4 is 15.9 Å². The number of aromatic nitrogens is 2. The lowest BCUT2D eigenvalue weighted by Crippen LogP contribution is -2.42. The van der Waals surface area contributed by atoms with E-state index in [4.69, 9.17) is 4.74 Å². The van der Waals surface area contributed by atoms with Crippen molar-refractivity contribution in [3.8, 4) is 5.75 Å². The molecular weight excluding hydrogens is 464 g/mol. The first kappa shape index (κ1) is 24.9. The fourth-order valence-electron chi connectivity index (χ4n) is 4.51. The summed E-state index contributed by atoms with van der Waals surface area (Å²) >= 11 is 0. The average molecular weight is 497 g/mol. The maximum atomic E-state index is 12.3. The summed E-state index contributed by atoms with van der Waals surface area (Å²) in [6.45, 7) is 2.18. The Kier molecular flexibility index (Phi) is 7.87. The van der Waals surface area contributed by atoms with Gasteiger partial charge in [0.25, 0.3) is 10.0 Å². The Bertz CT molecular complexity index is 1260. The molecule has 1 aromatic heterocycles. The van der Waals surface area contributed by atoms with Crippen LogP contribution < -0.4 is 14.8 Å². The van der Waals surface area contributed by atoms with Crippen molar-refractivity contribution in [3.05, 3.63) is 77.7 Å². The number of carbonyl (C=O) groups excluding carboxylic acids is 1. The molecule has 2 unspecified atom stereocenters. The molecule has 0 saturated heterocycles. The van der Waals surface area contributed by atoms with Crippen LogP contribution in [0.4, 0.5) is 0 Å². The van der Waals surface area contributed by atoms with E-state index in [0.717, 1.165) is 19.3 Å². The van der Waals surface area contributed by atoms with E-state index in [-0.39, 0.29) is 36.0 Å². The van der Waals surface area contributed by atoms with Crippen LogP contribution in [0.3, 0.4) is 0 Å². The monoisotopic (exact) mass is 496 g/mol. The first-order chi connectivity index (χ1) is 16.9. The SMILES string of the molecule is CCC(=O)NC1CCc2ccc(OCCNS(=O)(=O)c3cn(C)cn3)cc2C1Cc1ccccc1. The first-order valence-electron chi connectivity index (χ1n) is 11.9. The molecule has 9 heteroatoms. The van der Waals surface area contributed by atoms with Crippen molar-refractivity contribution in [2.24, 2.45) is 7.05 Å². The molecule has 0 bridgehead atoms. The molecule has 1 aliphatic carbocycles. The molecule has 35 heavy (non-hydrogen) atoms. The van der Waals surface area contributed by atoms with Gasteiger partial charge in [0, 0.05) is 38.2 Å². The van der Waals surface area contributed by atoms with Gasteiger partial charge in [0.2, 0.25) is 5.91 Å². The minimum atomic E-state index is -3.68. The number of carbonyl (C=O) groups is 1. The molecule has 1 aliphatic rings. The standard InChI is InChI=1S/C26H32N4O4S/c1-3-25(31)29-24-12-10-20-9-11-21(16-22(20)23(24)15-19-7-5-4-6-8-19)34-14-13-28-35(32,33)26-17-30(2)18-27-26/h4-9,11,16-18,23-24,28H,3,10,12-15H2,1-2H3,(H,29,31). The second-order valence-corrected chi connectivity index (χ2v) is 10.6. The van der Waals surface area contributed by atoms with E-state index in [2.05, 4.69) is 33.2 Å². The molecule has 186 valence electrons. The van der Waals surface area contributed by atoms with Gasteiger partial charge < -0.3 is 14.6 Å². The summed E-state index contributed by atoms with van der Waals surface area (Å²) in [5.74, 6) is 0.869. The fourth-order valence-corrected chi connectivity index (χ4v) is 5.50. The number of benzene rings is 2. The Morgan fingerprint density at radius 1 is 1.20 bits per heavy atom. The number of amides is 1. The van der Waals surface area contributed by atoms with E-state index in [9.17, 15) is 13.2 Å². The highest BCUT2D eigenvalue weighted by Crippen LogP contribution is 2.36. The number of ether oxygens (including phenoxy) is 1. The minimum absolute atomic E-state index is 0.0160. The van der Waals surface area contributed by atoms with Crippen LogP contribution in [0.5, 0.6) is 5.75 Å². The molecule has 1 amide bonds. The molecule has 1 heterocycles. The normalized spacial score (nSPS) is 17.5. The molecule has 0 saturated carbocycles. The van der Waals surface area contributed by atoms with Crippen molar-refractivity contribution in [1.29, 1.82) is 0 Å². The summed E-state index contributed by atoms with van der Waals surface area (Å²) in [5, 5.41) is 3.21. The number of hydrogen-bond donors (Lipinski definition) is 2. The van der Waals surface area contributed by atoms with Crippen LogP contribution in [0, 0.1) is 0 Å². The van der Waals surface area contributed by atoms with Crippen LogP contribution in [0.1, 0.15) is 42.4 Å². The van der Waals surface area contributed by atoms with Gasteiger partial charge in [-0.25, -0.2) is 18.1 Å². The highest BCUT2D eigenvalue weighted by molar-refractivity contribution is 7.89. The lowest BCUT2D eigenvalue weighted by Gasteiger charge is -2.35. The predicted octanol–water partition coefficient (Wildman–Crippen LogP) is 2.94. The van der Waals surface area contributed by atoms with Gasteiger partial charge in [-0.1, -0.05) is 43.3 Å². The predicted molar refractivity (Wildman–Crippen MR) is 134 cm³/mol. The maximum Gasteiger partial charge on any atom is 0.259 e. The van der Waals surface area contributed by atoms with Gasteiger partial charge >= 0.3 is 0 Å². The van der Waals surface area contributed by atoms with Crippen molar-refractivity contribution in [2.75, 3.05) is 13.2 Å². The third-order valence-electron chi connectivity index (χ3n) is 6.31. The lowest BCUT2D eigenvalue weighted by atomic mass is 9.76. The summed E-state index contributed by atoms with van der Waals surface area (Å²) in [5.41, 5.74) is 3.65. The number of nitrogens with one attached hydrogen (secondary N) is 2. The quantitative estimate of drug-likeness (QED) is 0.420. The van der Waals surface area contributed by atoms with Crippen LogP contribution in [0.25, 0.3) is 0 Å². The van der Waals surface area contributed by atoms with Gasteiger partial charge in [0.15, 0.2) is 5.03 Å². The highest BCUT2D eigenvalue weighted by Gasteiger charge is 2.31. The third kappa shape index (κ3) is 6.29. The van der Waals surface area contributed by atoms with Gasteiger partial charge in [0.05, 0.1) is 6.33 Å². The van der Waals surface area contributed by atoms with Crippen molar-refractivity contribution in [3.63, 3.8) is 0 Å². The molecule has 8 nitrogen and oxygen atoms in total. The Balaban J connectivity index is 1.46. The second-order valence-electron chi connectivity index (χ2n) is 8.85. The molecule has 4 rings (SSSR count). The number of hydrogen-bond acceptors (Lipinski definition) is 5. The summed E-state index contributed by atoms with van der Waals surface area (Å²) in [7, 11) is -1.96. The zero-order valence-corrected chi connectivity index (χ0v) is 20.9. The summed E-state index contributed by atoms with van der Waals surface area (Å²) in [6.07, 6.45) is 5.95. The molecule has 0 spiro atoms. The lowest BCUT2D eigenvalue weighted by molar-refractivity contribution is -0.121. The summed E-state index contributed by atoms with van der Waals surface area (Å²) in [6, 6.07) is 16.4. The van der Waals surface area contributed by atoms with E-state index in [1.54, 1.807) is 11.6 Å². The van der Waals surface area contributed by atoms with Crippen LogP contribution in [0.15, 0.2) is 66.1 Å². The zero-order valence-electron chi connectivity index (χ0n) is 20.1. The number of fused-ring (bicyclic) bond motifs is 1. The molecular formula is C26H32N4O4S. The topological polar surface area (TPSA) is 102 Å². The zero-order chi connectivity index (χ0) is 24.8. The van der Waals surface area contributed by atoms with Crippen molar-refractivity contribution < 1.29 is 17.9 Å². The van der Waals surface area contributed by atoms with E-state index < -0.39 is 10.0 Å². The average Bonchev–Trinajstić information content (AvgIpc) is 3.31. The molecule has 2 N–H and O–H groups in total. The smallest absolute Gasteiger partial charge is 0.259 e. The van der Waals surface area contributed by atoms with Crippen LogP contribution in [-0.2, 0) is 34.7 Å². The molecule has 0 fully saturated rings. The molecule has 2 atom stereocenters. The number of imidazole rings is 1. The number of aryl methyl sites for hydroxylation is 2. The summed E-state index contributed by atoms with van der Waals surface area (Å²) in [4.78, 5) is 16.1. The largest absolute Gasteiger partial charge is 0.492 e. The van der Waals surface area contributed by atoms with E-state index in [0.29, 0.717) is 12.2 Å². The van der Waals surface area contributed by atoms with Crippen molar-refractivity contribution in [2.45, 2.75) is 49.6 Å². The van der Waals surface area contributed by atoms with E-state index >= 15 is 0 Å². The Morgan fingerprint density at radius 2 is 2.00 bits per heavy atom. The number of nitrogens with zero attached hydrogens (tertiary/aromatic N) is 2.